The first-order valence-corrected chi connectivity index (χ1v) is 3.82. The average Bonchev–Trinajstić information content (AvgIpc) is 2.09. The third-order valence-electron chi connectivity index (χ3n) is 1.03. The number of carbonyl (C=O) groups is 1. The van der Waals surface area contributed by atoms with Gasteiger partial charge in [0.2, 0.25) is 5.91 Å². The summed E-state index contributed by atoms with van der Waals surface area (Å²) in [5.41, 5.74) is 3.05. The summed E-state index contributed by atoms with van der Waals surface area (Å²) in [7, 11) is 0. The minimum absolute atomic E-state index is 0.0383. The maximum atomic E-state index is 10.5. The molecule has 3 N–H and O–H groups in total. The first-order chi connectivity index (χ1) is 6.16. The number of rotatable bonds is 6. The molecule has 0 heterocycles. The van der Waals surface area contributed by atoms with Crippen molar-refractivity contribution >= 4 is 5.91 Å². The Morgan fingerprint density at radius 1 is 1.62 bits per heavy atom. The van der Waals surface area contributed by atoms with Gasteiger partial charge in [-0.3, -0.25) is 10.2 Å². The van der Waals surface area contributed by atoms with Gasteiger partial charge in [-0.25, -0.2) is 0 Å². The molecule has 6 heteroatoms. The van der Waals surface area contributed by atoms with E-state index in [4.69, 9.17) is 5.11 Å². The van der Waals surface area contributed by atoms with Crippen molar-refractivity contribution in [2.75, 3.05) is 19.7 Å². The van der Waals surface area contributed by atoms with Crippen LogP contribution in [0.3, 0.4) is 0 Å². The van der Waals surface area contributed by atoms with E-state index in [2.05, 4.69) is 27.7 Å². The van der Waals surface area contributed by atoms with Gasteiger partial charge in [0.05, 0.1) is 19.7 Å². The van der Waals surface area contributed by atoms with E-state index in [1.807, 2.05) is 0 Å². The van der Waals surface area contributed by atoms with Crippen LogP contribution in [0.15, 0.2) is 22.6 Å². The number of carbonyl (C=O) groups excluding carboxylic acids is 1. The Labute approximate surface area is 76.7 Å². The van der Waals surface area contributed by atoms with Gasteiger partial charge in [0.25, 0.3) is 0 Å². The van der Waals surface area contributed by atoms with Crippen molar-refractivity contribution in [1.29, 1.82) is 0 Å². The molecule has 0 fully saturated rings. The van der Waals surface area contributed by atoms with Crippen LogP contribution in [0.5, 0.6) is 0 Å². The molecule has 0 aromatic carbocycles. The van der Waals surface area contributed by atoms with Crippen LogP contribution in [-0.4, -0.2) is 30.7 Å². The molecule has 0 aliphatic carbocycles. The van der Waals surface area contributed by atoms with Gasteiger partial charge in [-0.2, -0.15) is 5.11 Å². The second kappa shape index (κ2) is 7.23. The van der Waals surface area contributed by atoms with Crippen LogP contribution in [0.4, 0.5) is 0 Å². The summed E-state index contributed by atoms with van der Waals surface area (Å²) in [5, 5.41) is 17.9. The van der Waals surface area contributed by atoms with E-state index in [1.54, 1.807) is 0 Å². The van der Waals surface area contributed by atoms with Crippen molar-refractivity contribution < 1.29 is 9.90 Å². The summed E-state index contributed by atoms with van der Waals surface area (Å²) in [6.07, 6.45) is 0. The van der Waals surface area contributed by atoms with Crippen LogP contribution < -0.4 is 10.7 Å². The summed E-state index contributed by atoms with van der Waals surface area (Å²) >= 11 is 0. The van der Waals surface area contributed by atoms with E-state index in [-0.39, 0.29) is 19.1 Å². The van der Waals surface area contributed by atoms with Crippen LogP contribution in [0.25, 0.3) is 0 Å². The quantitative estimate of drug-likeness (QED) is 0.389. The lowest BCUT2D eigenvalue weighted by molar-refractivity contribution is -0.118. The van der Waals surface area contributed by atoms with Gasteiger partial charge < -0.3 is 10.4 Å². The largest absolute Gasteiger partial charge is 0.394 e. The number of aliphatic hydroxyl groups is 1. The third kappa shape index (κ3) is 8.48. The zero-order chi connectivity index (χ0) is 10.1. The molecule has 0 saturated carbocycles. The van der Waals surface area contributed by atoms with E-state index in [0.29, 0.717) is 12.2 Å². The van der Waals surface area contributed by atoms with Gasteiger partial charge in [-0.1, -0.05) is 11.8 Å². The van der Waals surface area contributed by atoms with E-state index in [1.165, 1.54) is 6.92 Å². The minimum atomic E-state index is -0.129. The molecule has 74 valence electrons. The fourth-order valence-electron chi connectivity index (χ4n) is 0.471. The SMILES string of the molecule is C=C(CNC(C)=O)NN=NCCO. The van der Waals surface area contributed by atoms with Crippen LogP contribution in [0.2, 0.25) is 0 Å². The Hall–Kier alpha value is -1.43. The lowest BCUT2D eigenvalue weighted by Crippen LogP contribution is -2.25. The maximum Gasteiger partial charge on any atom is 0.217 e. The summed E-state index contributed by atoms with van der Waals surface area (Å²) in [5.74, 6) is -0.129. The normalized spacial score (nSPS) is 10.0. The van der Waals surface area contributed by atoms with Gasteiger partial charge in [0, 0.05) is 12.6 Å². The minimum Gasteiger partial charge on any atom is -0.394 e. The van der Waals surface area contributed by atoms with E-state index in [9.17, 15) is 4.79 Å². The van der Waals surface area contributed by atoms with Gasteiger partial charge in [-0.05, 0) is 0 Å². The molecule has 0 aromatic rings. The number of hydrogen-bond donors (Lipinski definition) is 3. The number of nitrogens with one attached hydrogen (secondary N) is 2. The van der Waals surface area contributed by atoms with Crippen molar-refractivity contribution in [2.24, 2.45) is 10.3 Å². The fourth-order valence-corrected chi connectivity index (χ4v) is 0.471. The van der Waals surface area contributed by atoms with Gasteiger partial charge in [0.15, 0.2) is 0 Å². The van der Waals surface area contributed by atoms with E-state index >= 15 is 0 Å². The topological polar surface area (TPSA) is 86.1 Å². The second-order valence-corrected chi connectivity index (χ2v) is 2.31. The molecule has 0 radical (unpaired) electrons. The first-order valence-electron chi connectivity index (χ1n) is 3.82. The summed E-state index contributed by atoms with van der Waals surface area (Å²) in [4.78, 5) is 10.5. The molecule has 6 nitrogen and oxygen atoms in total. The van der Waals surface area contributed by atoms with Gasteiger partial charge >= 0.3 is 0 Å². The molecule has 13 heavy (non-hydrogen) atoms. The third-order valence-corrected chi connectivity index (χ3v) is 1.03. The summed E-state index contributed by atoms with van der Waals surface area (Å²) in [6, 6.07) is 0. The Morgan fingerprint density at radius 3 is 2.85 bits per heavy atom. The van der Waals surface area contributed by atoms with Crippen LogP contribution in [0, 0.1) is 0 Å². The highest BCUT2D eigenvalue weighted by atomic mass is 16.3. The highest BCUT2D eigenvalue weighted by Gasteiger charge is 1.92. The Bertz CT molecular complexity index is 203. The van der Waals surface area contributed by atoms with Gasteiger partial charge in [-0.15, -0.1) is 0 Å². The fraction of sp³-hybridized carbons (Fsp3) is 0.571. The lowest BCUT2D eigenvalue weighted by atomic mass is 10.5. The van der Waals surface area contributed by atoms with E-state index < -0.39 is 0 Å². The highest BCUT2D eigenvalue weighted by molar-refractivity contribution is 5.73. The number of aliphatic hydroxyl groups excluding tert-OH is 1. The molecule has 0 bridgehead atoms. The van der Waals surface area contributed by atoms with Crippen LogP contribution in [0.1, 0.15) is 6.92 Å². The standard InChI is InChI=1S/C7H14N4O2/c1-6(5-8-7(2)13)10-11-9-3-4-12/h12H,1,3-5H2,2H3,(H,8,13)(H,9,10). The Balaban J connectivity index is 3.45. The predicted molar refractivity (Wildman–Crippen MR) is 47.8 cm³/mol. The molecule has 0 aromatic heterocycles. The highest BCUT2D eigenvalue weighted by Crippen LogP contribution is 1.81. The summed E-state index contributed by atoms with van der Waals surface area (Å²) < 4.78 is 0. The van der Waals surface area contributed by atoms with Crippen LogP contribution in [-0.2, 0) is 4.79 Å². The molecule has 0 spiro atoms. The lowest BCUT2D eigenvalue weighted by Gasteiger charge is -2.03. The van der Waals surface area contributed by atoms with Crippen molar-refractivity contribution in [2.45, 2.75) is 6.92 Å². The van der Waals surface area contributed by atoms with Crippen molar-refractivity contribution in [3.05, 3.63) is 12.3 Å². The number of hydrogen-bond acceptors (Lipinski definition) is 4. The van der Waals surface area contributed by atoms with Crippen molar-refractivity contribution in [3.8, 4) is 0 Å². The molecular formula is C7H14N4O2. The zero-order valence-corrected chi connectivity index (χ0v) is 7.58. The van der Waals surface area contributed by atoms with Crippen LogP contribution >= 0.6 is 0 Å². The van der Waals surface area contributed by atoms with Crippen molar-refractivity contribution in [3.63, 3.8) is 0 Å². The molecule has 0 aliphatic heterocycles. The molecular weight excluding hydrogens is 172 g/mol. The maximum absolute atomic E-state index is 10.5. The van der Waals surface area contributed by atoms with E-state index in [0.717, 1.165) is 0 Å². The average molecular weight is 186 g/mol. The number of nitrogens with zero attached hydrogens (tertiary/aromatic N) is 2. The first kappa shape index (κ1) is 11.6. The number of amides is 1. The van der Waals surface area contributed by atoms with Gasteiger partial charge in [0.1, 0.15) is 0 Å². The zero-order valence-electron chi connectivity index (χ0n) is 7.58. The molecule has 0 aliphatic rings. The smallest absolute Gasteiger partial charge is 0.217 e. The summed E-state index contributed by atoms with van der Waals surface area (Å²) in [6.45, 7) is 5.52. The second-order valence-electron chi connectivity index (χ2n) is 2.31. The predicted octanol–water partition coefficient (Wildman–Crippen LogP) is -0.415. The molecule has 1 amide bonds. The molecule has 0 rings (SSSR count). The Kier molecular flexibility index (Phi) is 6.44. The molecule has 0 saturated heterocycles. The van der Waals surface area contributed by atoms with Crippen molar-refractivity contribution in [1.82, 2.24) is 10.7 Å². The monoisotopic (exact) mass is 186 g/mol. The Morgan fingerprint density at radius 2 is 2.31 bits per heavy atom. The molecule has 0 atom stereocenters. The molecule has 0 unspecified atom stereocenters.